The molecule has 0 radical (unpaired) electrons. The van der Waals surface area contributed by atoms with Crippen LogP contribution >= 0.6 is 0 Å². The molecule has 6 heteroatoms. The average molecular weight is 292 g/mol. The zero-order valence-corrected chi connectivity index (χ0v) is 12.2. The molecule has 6 nitrogen and oxygen atoms in total. The largest absolute Gasteiger partial charge is 0.452 e. The van der Waals surface area contributed by atoms with E-state index in [1.165, 1.54) is 13.8 Å². The fraction of sp³-hybridized carbons (Fsp3) is 0.400. The van der Waals surface area contributed by atoms with Gasteiger partial charge in [0.25, 0.3) is 5.91 Å². The number of hydrogen-bond acceptors (Lipinski definition) is 4. The Labute approximate surface area is 123 Å². The van der Waals surface area contributed by atoms with E-state index in [1.54, 1.807) is 0 Å². The van der Waals surface area contributed by atoms with Crippen molar-refractivity contribution < 1.29 is 19.1 Å². The highest BCUT2D eigenvalue weighted by atomic mass is 16.5. The van der Waals surface area contributed by atoms with Gasteiger partial charge in [-0.25, -0.2) is 0 Å². The number of carbonyl (C=O) groups excluding carboxylic acids is 3. The average Bonchev–Trinajstić information content (AvgIpc) is 2.45. The lowest BCUT2D eigenvalue weighted by molar-refractivity contribution is -0.154. The molecule has 114 valence electrons. The van der Waals surface area contributed by atoms with E-state index in [0.717, 1.165) is 5.56 Å². The van der Waals surface area contributed by atoms with Crippen LogP contribution in [0.5, 0.6) is 0 Å². The molecule has 2 amide bonds. The molecule has 1 rings (SSSR count). The lowest BCUT2D eigenvalue weighted by Crippen LogP contribution is -2.36. The minimum atomic E-state index is -0.862. The summed E-state index contributed by atoms with van der Waals surface area (Å²) in [5, 5.41) is 5.18. The van der Waals surface area contributed by atoms with E-state index in [2.05, 4.69) is 10.6 Å². The maximum absolute atomic E-state index is 11.8. The molecular weight excluding hydrogens is 272 g/mol. The van der Waals surface area contributed by atoms with Crippen molar-refractivity contribution in [2.75, 3.05) is 6.54 Å². The fourth-order valence-corrected chi connectivity index (χ4v) is 1.58. The summed E-state index contributed by atoms with van der Waals surface area (Å²) in [6.07, 6.45) is -0.825. The van der Waals surface area contributed by atoms with E-state index in [9.17, 15) is 14.4 Å². The van der Waals surface area contributed by atoms with Gasteiger partial charge in [0.1, 0.15) is 0 Å². The van der Waals surface area contributed by atoms with E-state index >= 15 is 0 Å². The van der Waals surface area contributed by atoms with Gasteiger partial charge in [-0.05, 0) is 12.5 Å². The number of carbonyl (C=O) groups is 3. The minimum Gasteiger partial charge on any atom is -0.452 e. The molecule has 1 aromatic rings. The predicted molar refractivity (Wildman–Crippen MR) is 77.1 cm³/mol. The first kappa shape index (κ1) is 16.7. The zero-order chi connectivity index (χ0) is 15.7. The summed E-state index contributed by atoms with van der Waals surface area (Å²) in [4.78, 5) is 33.9. The Hall–Kier alpha value is -2.37. The lowest BCUT2D eigenvalue weighted by atomic mass is 10.2. The molecule has 0 aliphatic heterocycles. The summed E-state index contributed by atoms with van der Waals surface area (Å²) in [6.45, 7) is 3.46. The number of benzene rings is 1. The van der Waals surface area contributed by atoms with Crippen LogP contribution in [0, 0.1) is 0 Å². The van der Waals surface area contributed by atoms with Crippen molar-refractivity contribution in [2.24, 2.45) is 0 Å². The van der Waals surface area contributed by atoms with Crippen LogP contribution in [0.15, 0.2) is 30.3 Å². The van der Waals surface area contributed by atoms with Crippen LogP contribution in [0.1, 0.15) is 25.8 Å². The standard InChI is InChI=1S/C15H20N2O4/c1-11(21-14(19)8-9-16-12(2)18)15(20)17-10-13-6-4-3-5-7-13/h3-7,11H,8-10H2,1-2H3,(H,16,18)(H,17,20). The molecule has 0 fully saturated rings. The van der Waals surface area contributed by atoms with Crippen LogP contribution in [0.3, 0.4) is 0 Å². The molecule has 0 spiro atoms. The Morgan fingerprint density at radius 1 is 1.14 bits per heavy atom. The summed E-state index contributed by atoms with van der Waals surface area (Å²) in [5.41, 5.74) is 0.968. The van der Waals surface area contributed by atoms with E-state index in [-0.39, 0.29) is 24.8 Å². The van der Waals surface area contributed by atoms with E-state index in [1.807, 2.05) is 30.3 Å². The number of esters is 1. The van der Waals surface area contributed by atoms with Gasteiger partial charge in [0.15, 0.2) is 6.10 Å². The molecule has 21 heavy (non-hydrogen) atoms. The highest BCUT2D eigenvalue weighted by Crippen LogP contribution is 1.99. The van der Waals surface area contributed by atoms with Gasteiger partial charge in [0, 0.05) is 20.0 Å². The molecule has 0 heterocycles. The topological polar surface area (TPSA) is 84.5 Å². The van der Waals surface area contributed by atoms with Crippen molar-refractivity contribution in [1.82, 2.24) is 10.6 Å². The Morgan fingerprint density at radius 2 is 1.81 bits per heavy atom. The Morgan fingerprint density at radius 3 is 2.43 bits per heavy atom. The third-order valence-electron chi connectivity index (χ3n) is 2.69. The third kappa shape index (κ3) is 7.10. The molecule has 1 atom stereocenters. The third-order valence-corrected chi connectivity index (χ3v) is 2.69. The van der Waals surface area contributed by atoms with E-state index < -0.39 is 12.1 Å². The second kappa shape index (κ2) is 8.73. The van der Waals surface area contributed by atoms with Gasteiger partial charge in [-0.3, -0.25) is 14.4 Å². The van der Waals surface area contributed by atoms with Gasteiger partial charge < -0.3 is 15.4 Å². The molecule has 0 bridgehead atoms. The van der Waals surface area contributed by atoms with Crippen molar-refractivity contribution in [3.63, 3.8) is 0 Å². The Kier molecular flexibility index (Phi) is 6.94. The number of hydrogen-bond donors (Lipinski definition) is 2. The Bertz CT molecular complexity index is 488. The Balaban J connectivity index is 2.27. The van der Waals surface area contributed by atoms with Gasteiger partial charge >= 0.3 is 5.97 Å². The van der Waals surface area contributed by atoms with Gasteiger partial charge in [-0.1, -0.05) is 30.3 Å². The maximum atomic E-state index is 11.8. The van der Waals surface area contributed by atoms with Crippen LogP contribution in [-0.2, 0) is 25.7 Å². The van der Waals surface area contributed by atoms with Crippen LogP contribution < -0.4 is 10.6 Å². The zero-order valence-electron chi connectivity index (χ0n) is 12.2. The SMILES string of the molecule is CC(=O)NCCC(=O)OC(C)C(=O)NCc1ccccc1. The van der Waals surface area contributed by atoms with Crippen molar-refractivity contribution in [3.8, 4) is 0 Å². The number of amides is 2. The fourth-order valence-electron chi connectivity index (χ4n) is 1.58. The molecule has 0 saturated carbocycles. The normalized spacial score (nSPS) is 11.3. The predicted octanol–water partition coefficient (Wildman–Crippen LogP) is 0.761. The molecular formula is C15H20N2O4. The highest BCUT2D eigenvalue weighted by molar-refractivity contribution is 5.83. The summed E-state index contributed by atoms with van der Waals surface area (Å²) >= 11 is 0. The molecule has 0 aliphatic rings. The quantitative estimate of drug-likeness (QED) is 0.727. The number of ether oxygens (including phenoxy) is 1. The molecule has 0 aromatic heterocycles. The monoisotopic (exact) mass is 292 g/mol. The van der Waals surface area contributed by atoms with Crippen LogP contribution in [0.2, 0.25) is 0 Å². The second-order valence-corrected chi connectivity index (χ2v) is 4.57. The van der Waals surface area contributed by atoms with Gasteiger partial charge in [-0.2, -0.15) is 0 Å². The van der Waals surface area contributed by atoms with E-state index in [0.29, 0.717) is 6.54 Å². The molecule has 2 N–H and O–H groups in total. The van der Waals surface area contributed by atoms with Crippen molar-refractivity contribution in [1.29, 1.82) is 0 Å². The molecule has 0 aliphatic carbocycles. The van der Waals surface area contributed by atoms with Crippen LogP contribution in [-0.4, -0.2) is 30.4 Å². The van der Waals surface area contributed by atoms with Crippen LogP contribution in [0.4, 0.5) is 0 Å². The van der Waals surface area contributed by atoms with E-state index in [4.69, 9.17) is 4.74 Å². The minimum absolute atomic E-state index is 0.0376. The van der Waals surface area contributed by atoms with Gasteiger partial charge in [0.2, 0.25) is 5.91 Å². The first-order valence-corrected chi connectivity index (χ1v) is 6.74. The molecule has 1 unspecified atom stereocenters. The van der Waals surface area contributed by atoms with Crippen LogP contribution in [0.25, 0.3) is 0 Å². The smallest absolute Gasteiger partial charge is 0.308 e. The summed E-state index contributed by atoms with van der Waals surface area (Å²) in [7, 11) is 0. The molecule has 0 saturated heterocycles. The summed E-state index contributed by atoms with van der Waals surface area (Å²) in [5.74, 6) is -1.09. The van der Waals surface area contributed by atoms with Crippen molar-refractivity contribution in [2.45, 2.75) is 32.9 Å². The summed E-state index contributed by atoms with van der Waals surface area (Å²) < 4.78 is 4.98. The van der Waals surface area contributed by atoms with Crippen molar-refractivity contribution in [3.05, 3.63) is 35.9 Å². The lowest BCUT2D eigenvalue weighted by Gasteiger charge is -2.13. The number of rotatable bonds is 7. The second-order valence-electron chi connectivity index (χ2n) is 4.57. The summed E-state index contributed by atoms with van der Waals surface area (Å²) in [6, 6.07) is 9.44. The maximum Gasteiger partial charge on any atom is 0.308 e. The first-order chi connectivity index (χ1) is 9.99. The first-order valence-electron chi connectivity index (χ1n) is 6.74. The molecule has 1 aromatic carbocycles. The number of nitrogens with one attached hydrogen (secondary N) is 2. The van der Waals surface area contributed by atoms with Crippen molar-refractivity contribution >= 4 is 17.8 Å². The van der Waals surface area contributed by atoms with Gasteiger partial charge in [-0.15, -0.1) is 0 Å². The van der Waals surface area contributed by atoms with Gasteiger partial charge in [0.05, 0.1) is 6.42 Å². The highest BCUT2D eigenvalue weighted by Gasteiger charge is 2.17.